The lowest BCUT2D eigenvalue weighted by Crippen LogP contribution is -2.29. The molecule has 1 aromatic carbocycles. The van der Waals surface area contributed by atoms with Crippen molar-refractivity contribution < 1.29 is 9.59 Å². The molecule has 1 aromatic heterocycles. The molecule has 0 unspecified atom stereocenters. The molecule has 2 aromatic rings. The second-order valence-electron chi connectivity index (χ2n) is 7.78. The number of carbonyl (C=O) groups is 2. The quantitative estimate of drug-likeness (QED) is 0.681. The third-order valence-corrected chi connectivity index (χ3v) is 6.51. The third kappa shape index (κ3) is 2.91. The minimum absolute atomic E-state index is 0.0975. The number of hydrogen-bond donors (Lipinski definition) is 2. The van der Waals surface area contributed by atoms with Gasteiger partial charge in [-0.1, -0.05) is 15.9 Å². The highest BCUT2D eigenvalue weighted by molar-refractivity contribution is 9.10. The molecule has 5 nitrogen and oxygen atoms in total. The Labute approximate surface area is 172 Å². The molecule has 0 bridgehead atoms. The molecule has 1 aliphatic carbocycles. The molecule has 1 saturated heterocycles. The van der Waals surface area contributed by atoms with Crippen LogP contribution < -0.4 is 5.32 Å². The Kier molecular flexibility index (Phi) is 4.38. The second kappa shape index (κ2) is 6.92. The molecule has 0 radical (unpaired) electrons. The molecular weight excluding hydrogens is 418 g/mol. The van der Waals surface area contributed by atoms with Gasteiger partial charge in [-0.25, -0.2) is 0 Å². The van der Waals surface area contributed by atoms with E-state index in [4.69, 9.17) is 0 Å². The van der Waals surface area contributed by atoms with Gasteiger partial charge in [0.25, 0.3) is 11.8 Å². The number of amides is 2. The topological polar surface area (TPSA) is 65.2 Å². The van der Waals surface area contributed by atoms with Crippen molar-refractivity contribution in [3.8, 4) is 0 Å². The number of hydrogen-bond acceptors (Lipinski definition) is 2. The van der Waals surface area contributed by atoms with E-state index < -0.39 is 0 Å². The SMILES string of the molecule is O=C1Nc2ccc(Br)cc2C1=Cc1[nH]c(C(=O)N2CCCC2)c2c1CCCC2. The van der Waals surface area contributed by atoms with Gasteiger partial charge in [0.1, 0.15) is 5.69 Å². The maximum atomic E-state index is 13.1. The fourth-order valence-corrected chi connectivity index (χ4v) is 4.96. The van der Waals surface area contributed by atoms with Crippen LogP contribution >= 0.6 is 15.9 Å². The van der Waals surface area contributed by atoms with Crippen LogP contribution in [0.1, 0.15) is 58.6 Å². The summed E-state index contributed by atoms with van der Waals surface area (Å²) < 4.78 is 0.937. The maximum Gasteiger partial charge on any atom is 0.270 e. The number of halogens is 1. The van der Waals surface area contributed by atoms with E-state index in [1.54, 1.807) is 0 Å². The van der Waals surface area contributed by atoms with E-state index in [1.165, 1.54) is 5.56 Å². The van der Waals surface area contributed by atoms with Crippen molar-refractivity contribution in [2.75, 3.05) is 18.4 Å². The monoisotopic (exact) mass is 439 g/mol. The Bertz CT molecular complexity index is 1020. The summed E-state index contributed by atoms with van der Waals surface area (Å²) in [5.74, 6) is 0.0130. The molecule has 6 heteroatoms. The van der Waals surface area contributed by atoms with Gasteiger partial charge in [-0.3, -0.25) is 9.59 Å². The summed E-state index contributed by atoms with van der Waals surface area (Å²) in [6.45, 7) is 1.68. The van der Waals surface area contributed by atoms with Gasteiger partial charge in [0.15, 0.2) is 0 Å². The fraction of sp³-hybridized carbons (Fsp3) is 0.364. The number of nitrogens with zero attached hydrogens (tertiary/aromatic N) is 1. The molecule has 0 atom stereocenters. The van der Waals surface area contributed by atoms with Gasteiger partial charge in [-0.2, -0.15) is 0 Å². The Morgan fingerprint density at radius 1 is 1.07 bits per heavy atom. The van der Waals surface area contributed by atoms with Crippen molar-refractivity contribution in [2.45, 2.75) is 38.5 Å². The zero-order valence-corrected chi connectivity index (χ0v) is 17.2. The fourth-order valence-electron chi connectivity index (χ4n) is 4.60. The normalized spacial score (nSPS) is 19.7. The van der Waals surface area contributed by atoms with Crippen LogP contribution in [0.5, 0.6) is 0 Å². The van der Waals surface area contributed by atoms with Crippen LogP contribution in [0.15, 0.2) is 22.7 Å². The van der Waals surface area contributed by atoms with Crippen LogP contribution in [0.25, 0.3) is 11.6 Å². The van der Waals surface area contributed by atoms with Crippen LogP contribution in [0.2, 0.25) is 0 Å². The standard InChI is InChI=1S/C22H22BrN3O2/c23-13-7-8-18-16(11-13)17(21(27)25-18)12-19-14-5-1-2-6-15(14)20(24-19)22(28)26-9-3-4-10-26/h7-8,11-12,24H,1-6,9-10H2,(H,25,27). The predicted octanol–water partition coefficient (Wildman–Crippen LogP) is 4.38. The number of likely N-dealkylation sites (tertiary alicyclic amines) is 1. The summed E-state index contributed by atoms with van der Waals surface area (Å²) in [4.78, 5) is 31.0. The zero-order valence-electron chi connectivity index (χ0n) is 15.6. The number of H-pyrrole nitrogens is 1. The molecule has 28 heavy (non-hydrogen) atoms. The highest BCUT2D eigenvalue weighted by atomic mass is 79.9. The molecule has 2 amide bonds. The number of anilines is 1. The van der Waals surface area contributed by atoms with Crippen LogP contribution in [0.4, 0.5) is 5.69 Å². The van der Waals surface area contributed by atoms with E-state index in [1.807, 2.05) is 29.2 Å². The summed E-state index contributed by atoms with van der Waals surface area (Å²) in [5, 5.41) is 2.93. The number of nitrogens with one attached hydrogen (secondary N) is 2. The van der Waals surface area contributed by atoms with Gasteiger partial charge in [0.2, 0.25) is 0 Å². The van der Waals surface area contributed by atoms with Crippen LogP contribution in [0.3, 0.4) is 0 Å². The van der Waals surface area contributed by atoms with Crippen LogP contribution in [0, 0.1) is 0 Å². The number of aromatic amines is 1. The Balaban J connectivity index is 1.60. The largest absolute Gasteiger partial charge is 0.351 e. The van der Waals surface area contributed by atoms with Crippen molar-refractivity contribution >= 4 is 45.1 Å². The number of aromatic nitrogens is 1. The molecule has 0 spiro atoms. The Morgan fingerprint density at radius 2 is 1.82 bits per heavy atom. The third-order valence-electron chi connectivity index (χ3n) is 6.01. The second-order valence-corrected chi connectivity index (χ2v) is 8.69. The lowest BCUT2D eigenvalue weighted by atomic mass is 9.91. The summed E-state index contributed by atoms with van der Waals surface area (Å²) in [7, 11) is 0. The molecule has 3 heterocycles. The van der Waals surface area contributed by atoms with E-state index in [2.05, 4.69) is 26.2 Å². The Morgan fingerprint density at radius 3 is 2.61 bits per heavy atom. The maximum absolute atomic E-state index is 13.1. The summed E-state index contributed by atoms with van der Waals surface area (Å²) in [6, 6.07) is 5.79. The zero-order chi connectivity index (χ0) is 19.3. The predicted molar refractivity (Wildman–Crippen MR) is 113 cm³/mol. The first-order chi connectivity index (χ1) is 13.6. The van der Waals surface area contributed by atoms with Crippen molar-refractivity contribution in [3.05, 3.63) is 50.8 Å². The van der Waals surface area contributed by atoms with Gasteiger partial charge < -0.3 is 15.2 Å². The van der Waals surface area contributed by atoms with E-state index in [-0.39, 0.29) is 11.8 Å². The van der Waals surface area contributed by atoms with Gasteiger partial charge in [-0.15, -0.1) is 0 Å². The lowest BCUT2D eigenvalue weighted by molar-refractivity contribution is -0.110. The smallest absolute Gasteiger partial charge is 0.270 e. The molecule has 3 aliphatic rings. The molecule has 0 saturated carbocycles. The molecule has 2 aliphatic heterocycles. The number of rotatable bonds is 2. The first kappa shape index (κ1) is 17.7. The molecule has 2 N–H and O–H groups in total. The van der Waals surface area contributed by atoms with Crippen molar-refractivity contribution in [1.29, 1.82) is 0 Å². The molecule has 144 valence electrons. The lowest BCUT2D eigenvalue weighted by Gasteiger charge is -2.17. The van der Waals surface area contributed by atoms with Crippen LogP contribution in [-0.4, -0.2) is 34.8 Å². The highest BCUT2D eigenvalue weighted by Crippen LogP contribution is 2.37. The average molecular weight is 440 g/mol. The van der Waals surface area contributed by atoms with Crippen molar-refractivity contribution in [2.24, 2.45) is 0 Å². The Hall–Kier alpha value is -2.34. The number of benzene rings is 1. The molecule has 5 rings (SSSR count). The van der Waals surface area contributed by atoms with Gasteiger partial charge >= 0.3 is 0 Å². The van der Waals surface area contributed by atoms with Gasteiger partial charge in [0, 0.05) is 34.5 Å². The molecular formula is C22H22BrN3O2. The highest BCUT2D eigenvalue weighted by Gasteiger charge is 2.30. The average Bonchev–Trinajstić information content (AvgIpc) is 3.41. The summed E-state index contributed by atoms with van der Waals surface area (Å²) >= 11 is 3.49. The van der Waals surface area contributed by atoms with E-state index in [0.29, 0.717) is 5.57 Å². The van der Waals surface area contributed by atoms with Crippen LogP contribution in [-0.2, 0) is 17.6 Å². The minimum Gasteiger partial charge on any atom is -0.351 e. The summed E-state index contributed by atoms with van der Waals surface area (Å²) in [5.41, 5.74) is 6.37. The van der Waals surface area contributed by atoms with E-state index >= 15 is 0 Å². The first-order valence-electron chi connectivity index (χ1n) is 9.98. The number of carbonyl (C=O) groups excluding carboxylic acids is 2. The van der Waals surface area contributed by atoms with E-state index in [0.717, 1.165) is 84.3 Å². The number of fused-ring (bicyclic) bond motifs is 2. The minimum atomic E-state index is -0.0975. The molecule has 1 fully saturated rings. The van der Waals surface area contributed by atoms with E-state index in [9.17, 15) is 9.59 Å². The van der Waals surface area contributed by atoms with Gasteiger partial charge in [0.05, 0.1) is 5.57 Å². The van der Waals surface area contributed by atoms with Crippen molar-refractivity contribution in [3.63, 3.8) is 0 Å². The van der Waals surface area contributed by atoms with Gasteiger partial charge in [-0.05, 0) is 73.9 Å². The first-order valence-corrected chi connectivity index (χ1v) is 10.8. The van der Waals surface area contributed by atoms with Crippen molar-refractivity contribution in [1.82, 2.24) is 9.88 Å². The summed E-state index contributed by atoms with van der Waals surface area (Å²) in [6.07, 6.45) is 8.20.